The van der Waals surface area contributed by atoms with Crippen LogP contribution < -0.4 is 15.4 Å². The summed E-state index contributed by atoms with van der Waals surface area (Å²) in [6, 6.07) is 19.6. The SMILES string of the molecule is COc1cccc(CSc2nnc(CNC(=O)Nc3c(C(C)C)cccc3C(C)C)n2-c2cc(Cl)ccc2C)c1. The van der Waals surface area contributed by atoms with Crippen molar-refractivity contribution in [3.8, 4) is 11.4 Å². The van der Waals surface area contributed by atoms with Gasteiger partial charge in [0, 0.05) is 16.5 Å². The number of aryl methyl sites for hydroxylation is 1. The molecule has 40 heavy (non-hydrogen) atoms. The zero-order valence-corrected chi connectivity index (χ0v) is 25.4. The van der Waals surface area contributed by atoms with E-state index in [1.54, 1.807) is 18.9 Å². The van der Waals surface area contributed by atoms with Gasteiger partial charge >= 0.3 is 6.03 Å². The molecule has 4 aromatic rings. The first-order valence-corrected chi connectivity index (χ1v) is 14.7. The first-order valence-electron chi connectivity index (χ1n) is 13.3. The molecule has 0 bridgehead atoms. The Bertz CT molecular complexity index is 1460. The molecule has 0 aliphatic rings. The minimum Gasteiger partial charge on any atom is -0.497 e. The van der Waals surface area contributed by atoms with Crippen LogP contribution in [0.3, 0.4) is 0 Å². The van der Waals surface area contributed by atoms with Crippen molar-refractivity contribution >= 4 is 35.1 Å². The topological polar surface area (TPSA) is 81.1 Å². The number of hydrogen-bond donors (Lipinski definition) is 2. The van der Waals surface area contributed by atoms with Crippen LogP contribution in [-0.2, 0) is 12.3 Å². The number of nitrogens with zero attached hydrogens (tertiary/aromatic N) is 3. The lowest BCUT2D eigenvalue weighted by Gasteiger charge is -2.20. The van der Waals surface area contributed by atoms with Crippen molar-refractivity contribution in [2.75, 3.05) is 12.4 Å². The Balaban J connectivity index is 1.59. The Morgan fingerprint density at radius 3 is 2.38 bits per heavy atom. The van der Waals surface area contributed by atoms with Crippen LogP contribution in [0.1, 0.15) is 67.6 Å². The van der Waals surface area contributed by atoms with E-state index in [9.17, 15) is 4.79 Å². The minimum atomic E-state index is -0.294. The summed E-state index contributed by atoms with van der Waals surface area (Å²) in [6.07, 6.45) is 0. The molecule has 0 unspecified atom stereocenters. The molecule has 7 nitrogen and oxygen atoms in total. The average molecular weight is 578 g/mol. The number of thioether (sulfide) groups is 1. The summed E-state index contributed by atoms with van der Waals surface area (Å²) < 4.78 is 7.33. The van der Waals surface area contributed by atoms with Gasteiger partial charge in [-0.3, -0.25) is 4.57 Å². The molecule has 210 valence electrons. The number of hydrogen-bond acceptors (Lipinski definition) is 5. The summed E-state index contributed by atoms with van der Waals surface area (Å²) in [7, 11) is 1.66. The highest BCUT2D eigenvalue weighted by Crippen LogP contribution is 2.33. The molecule has 0 radical (unpaired) electrons. The van der Waals surface area contributed by atoms with E-state index in [2.05, 4.69) is 60.7 Å². The van der Waals surface area contributed by atoms with Gasteiger partial charge in [0.1, 0.15) is 5.75 Å². The minimum absolute atomic E-state index is 0.186. The molecule has 0 aliphatic carbocycles. The van der Waals surface area contributed by atoms with Crippen LogP contribution in [0.4, 0.5) is 10.5 Å². The van der Waals surface area contributed by atoms with E-state index in [-0.39, 0.29) is 24.4 Å². The number of rotatable bonds is 10. The number of methoxy groups -OCH3 is 1. The van der Waals surface area contributed by atoms with Crippen LogP contribution in [-0.4, -0.2) is 27.9 Å². The Hall–Kier alpha value is -3.49. The molecule has 0 saturated carbocycles. The molecule has 2 amide bonds. The summed E-state index contributed by atoms with van der Waals surface area (Å²) >= 11 is 7.95. The van der Waals surface area contributed by atoms with Gasteiger partial charge in [-0.15, -0.1) is 10.2 Å². The number of carbonyl (C=O) groups excluding carboxylic acids is 1. The summed E-state index contributed by atoms with van der Waals surface area (Å²) in [5.41, 5.74) is 6.07. The van der Waals surface area contributed by atoms with Crippen molar-refractivity contribution < 1.29 is 9.53 Å². The van der Waals surface area contributed by atoms with Crippen molar-refractivity contribution in [1.82, 2.24) is 20.1 Å². The first kappa shape index (κ1) is 29.5. The van der Waals surface area contributed by atoms with E-state index in [0.717, 1.165) is 39.4 Å². The fraction of sp³-hybridized carbons (Fsp3) is 0.323. The van der Waals surface area contributed by atoms with Gasteiger partial charge in [0.05, 0.1) is 19.3 Å². The summed E-state index contributed by atoms with van der Waals surface area (Å²) in [4.78, 5) is 13.2. The smallest absolute Gasteiger partial charge is 0.319 e. The van der Waals surface area contributed by atoms with Crippen LogP contribution in [0.25, 0.3) is 5.69 Å². The second kappa shape index (κ2) is 13.2. The molecule has 0 aliphatic heterocycles. The third kappa shape index (κ3) is 6.98. The second-order valence-electron chi connectivity index (χ2n) is 10.2. The van der Waals surface area contributed by atoms with Crippen molar-refractivity contribution in [2.45, 2.75) is 63.9 Å². The number of carbonyl (C=O) groups is 1. The van der Waals surface area contributed by atoms with E-state index in [1.165, 1.54) is 0 Å². The third-order valence-electron chi connectivity index (χ3n) is 6.63. The maximum absolute atomic E-state index is 13.2. The Morgan fingerprint density at radius 1 is 1.00 bits per heavy atom. The molecule has 0 fully saturated rings. The molecule has 0 saturated heterocycles. The fourth-order valence-electron chi connectivity index (χ4n) is 4.50. The Labute approximate surface area is 245 Å². The monoisotopic (exact) mass is 577 g/mol. The lowest BCUT2D eigenvalue weighted by Crippen LogP contribution is -2.30. The third-order valence-corrected chi connectivity index (χ3v) is 7.87. The van der Waals surface area contributed by atoms with Crippen molar-refractivity contribution in [3.05, 3.63) is 93.8 Å². The molecule has 4 rings (SSSR count). The standard InChI is InChI=1S/C31H36ClN5O2S/c1-19(2)25-11-8-12-26(20(3)4)29(25)34-30(38)33-17-28-35-36-31(37(28)27-16-23(32)14-13-21(27)5)40-18-22-9-7-10-24(15-22)39-6/h7-16,19-20H,17-18H2,1-6H3,(H2,33,34,38). The van der Waals surface area contributed by atoms with E-state index >= 15 is 0 Å². The number of halogens is 1. The highest BCUT2D eigenvalue weighted by molar-refractivity contribution is 7.98. The van der Waals surface area contributed by atoms with E-state index in [0.29, 0.717) is 21.8 Å². The zero-order chi connectivity index (χ0) is 28.8. The fourth-order valence-corrected chi connectivity index (χ4v) is 5.57. The number of nitrogens with one attached hydrogen (secondary N) is 2. The number of ether oxygens (including phenoxy) is 1. The number of aromatic nitrogens is 3. The number of amides is 2. The Kier molecular flexibility index (Phi) is 9.76. The largest absolute Gasteiger partial charge is 0.497 e. The lowest BCUT2D eigenvalue weighted by atomic mass is 9.93. The van der Waals surface area contributed by atoms with Crippen LogP contribution in [0.2, 0.25) is 5.02 Å². The van der Waals surface area contributed by atoms with Crippen molar-refractivity contribution in [2.24, 2.45) is 0 Å². The Morgan fingerprint density at radius 2 is 1.70 bits per heavy atom. The van der Waals surface area contributed by atoms with Crippen molar-refractivity contribution in [1.29, 1.82) is 0 Å². The maximum atomic E-state index is 13.2. The molecule has 1 aromatic heterocycles. The normalized spacial score (nSPS) is 11.2. The molecular weight excluding hydrogens is 542 g/mol. The number of urea groups is 1. The van der Waals surface area contributed by atoms with Crippen LogP contribution in [0.15, 0.2) is 65.8 Å². The van der Waals surface area contributed by atoms with E-state index < -0.39 is 0 Å². The molecule has 2 N–H and O–H groups in total. The summed E-state index contributed by atoms with van der Waals surface area (Å²) in [5, 5.41) is 16.4. The quantitative estimate of drug-likeness (QED) is 0.186. The lowest BCUT2D eigenvalue weighted by molar-refractivity contribution is 0.251. The van der Waals surface area contributed by atoms with Gasteiger partial charge in [-0.1, -0.05) is 87.5 Å². The predicted octanol–water partition coefficient (Wildman–Crippen LogP) is 8.10. The molecular formula is C31H36ClN5O2S. The molecule has 0 spiro atoms. The summed E-state index contributed by atoms with van der Waals surface area (Å²) in [5.74, 6) is 2.63. The highest BCUT2D eigenvalue weighted by Gasteiger charge is 2.19. The maximum Gasteiger partial charge on any atom is 0.319 e. The predicted molar refractivity (Wildman–Crippen MR) is 164 cm³/mol. The molecule has 1 heterocycles. The van der Waals surface area contributed by atoms with Gasteiger partial charge in [-0.2, -0.15) is 0 Å². The first-order chi connectivity index (χ1) is 19.2. The number of anilines is 1. The molecule has 9 heteroatoms. The van der Waals surface area contributed by atoms with Crippen LogP contribution >= 0.6 is 23.4 Å². The van der Waals surface area contributed by atoms with Gasteiger partial charge in [0.15, 0.2) is 11.0 Å². The highest BCUT2D eigenvalue weighted by atomic mass is 35.5. The zero-order valence-electron chi connectivity index (χ0n) is 23.8. The van der Waals surface area contributed by atoms with E-state index in [1.807, 2.05) is 60.0 Å². The number of para-hydroxylation sites is 1. The number of benzene rings is 3. The second-order valence-corrected chi connectivity index (χ2v) is 11.6. The van der Waals surface area contributed by atoms with Gasteiger partial charge in [0.25, 0.3) is 0 Å². The van der Waals surface area contributed by atoms with Gasteiger partial charge in [0.2, 0.25) is 0 Å². The van der Waals surface area contributed by atoms with Gasteiger partial charge in [-0.25, -0.2) is 4.79 Å². The molecule has 0 atom stereocenters. The van der Waals surface area contributed by atoms with Gasteiger partial charge < -0.3 is 15.4 Å². The molecule has 3 aromatic carbocycles. The van der Waals surface area contributed by atoms with Crippen LogP contribution in [0.5, 0.6) is 5.75 Å². The van der Waals surface area contributed by atoms with Crippen molar-refractivity contribution in [3.63, 3.8) is 0 Å². The van der Waals surface area contributed by atoms with E-state index in [4.69, 9.17) is 16.3 Å². The average Bonchev–Trinajstić information content (AvgIpc) is 3.34. The van der Waals surface area contributed by atoms with Crippen LogP contribution in [0, 0.1) is 6.92 Å². The summed E-state index contributed by atoms with van der Waals surface area (Å²) in [6.45, 7) is 10.7. The van der Waals surface area contributed by atoms with Gasteiger partial charge in [-0.05, 0) is 65.3 Å².